The molecule has 1 aromatic rings. The van der Waals surface area contributed by atoms with Crippen molar-refractivity contribution in [1.29, 1.82) is 0 Å². The molecule has 1 aliphatic rings. The summed E-state index contributed by atoms with van der Waals surface area (Å²) >= 11 is 2.08. The van der Waals surface area contributed by atoms with Gasteiger partial charge in [-0.3, -0.25) is 4.68 Å². The summed E-state index contributed by atoms with van der Waals surface area (Å²) in [5.41, 5.74) is 1.15. The van der Waals surface area contributed by atoms with Crippen LogP contribution >= 0.6 is 11.8 Å². The molecule has 1 aliphatic heterocycles. The van der Waals surface area contributed by atoms with E-state index in [0.717, 1.165) is 36.4 Å². The predicted molar refractivity (Wildman–Crippen MR) is 86.1 cm³/mol. The molecule has 112 valence electrons. The van der Waals surface area contributed by atoms with Crippen LogP contribution in [0.15, 0.2) is 17.4 Å². The van der Waals surface area contributed by atoms with Crippen molar-refractivity contribution < 1.29 is 0 Å². The Bertz CT molecular complexity index is 443. The first-order valence-corrected chi connectivity index (χ1v) is 8.40. The zero-order chi connectivity index (χ0) is 14.4. The van der Waals surface area contributed by atoms with Crippen molar-refractivity contribution in [2.24, 2.45) is 12.0 Å². The number of hydrogen-bond acceptors (Lipinski definition) is 3. The van der Waals surface area contributed by atoms with Crippen molar-refractivity contribution in [3.8, 4) is 0 Å². The molecule has 1 unspecified atom stereocenters. The molecule has 1 fully saturated rings. The van der Waals surface area contributed by atoms with Crippen molar-refractivity contribution >= 4 is 17.7 Å². The predicted octanol–water partition coefficient (Wildman–Crippen LogP) is 1.71. The van der Waals surface area contributed by atoms with E-state index in [-0.39, 0.29) is 0 Å². The van der Waals surface area contributed by atoms with Crippen LogP contribution in [0.2, 0.25) is 0 Å². The molecule has 1 atom stereocenters. The lowest BCUT2D eigenvalue weighted by atomic mass is 10.3. The number of guanidine groups is 1. The normalized spacial score (nSPS) is 20.2. The van der Waals surface area contributed by atoms with Gasteiger partial charge in [0.2, 0.25) is 0 Å². The fraction of sp³-hybridized carbons (Fsp3) is 0.714. The standard InChI is InChI=1S/C14H25N5S/c1-4-13-11-19(6-7-20-13)14(15-5-2)16-8-12-9-17-18(3)10-12/h9-10,13H,4-8,11H2,1-3H3,(H,15,16). The zero-order valence-electron chi connectivity index (χ0n) is 12.7. The van der Waals surface area contributed by atoms with Gasteiger partial charge in [0.1, 0.15) is 0 Å². The van der Waals surface area contributed by atoms with E-state index in [1.165, 1.54) is 12.2 Å². The van der Waals surface area contributed by atoms with Crippen LogP contribution in [0.1, 0.15) is 25.8 Å². The van der Waals surface area contributed by atoms with Crippen molar-refractivity contribution in [2.75, 3.05) is 25.4 Å². The van der Waals surface area contributed by atoms with Crippen molar-refractivity contribution in [3.05, 3.63) is 18.0 Å². The second-order valence-electron chi connectivity index (χ2n) is 5.04. The highest BCUT2D eigenvalue weighted by molar-refractivity contribution is 8.00. The minimum atomic E-state index is 0.691. The first-order chi connectivity index (χ1) is 9.72. The zero-order valence-corrected chi connectivity index (χ0v) is 13.5. The molecule has 5 nitrogen and oxygen atoms in total. The molecule has 1 aromatic heterocycles. The Hall–Kier alpha value is -1.17. The Morgan fingerprint density at radius 2 is 2.40 bits per heavy atom. The summed E-state index contributed by atoms with van der Waals surface area (Å²) in [6, 6.07) is 0. The Morgan fingerprint density at radius 1 is 1.55 bits per heavy atom. The summed E-state index contributed by atoms with van der Waals surface area (Å²) in [4.78, 5) is 7.15. The molecule has 0 aliphatic carbocycles. The Labute approximate surface area is 125 Å². The molecular formula is C14H25N5S. The molecule has 0 spiro atoms. The number of rotatable bonds is 4. The number of aromatic nitrogens is 2. The first kappa shape index (κ1) is 15.2. The topological polar surface area (TPSA) is 45.5 Å². The average Bonchev–Trinajstić information content (AvgIpc) is 2.89. The van der Waals surface area contributed by atoms with Gasteiger partial charge in [-0.25, -0.2) is 4.99 Å². The summed E-state index contributed by atoms with van der Waals surface area (Å²) in [6.07, 6.45) is 5.13. The summed E-state index contributed by atoms with van der Waals surface area (Å²) in [5, 5.41) is 8.33. The number of aliphatic imine (C=N–C) groups is 1. The van der Waals surface area contributed by atoms with Crippen LogP contribution in [-0.4, -0.2) is 51.3 Å². The van der Waals surface area contributed by atoms with Gasteiger partial charge in [0.25, 0.3) is 0 Å². The maximum absolute atomic E-state index is 4.76. The van der Waals surface area contributed by atoms with Crippen LogP contribution < -0.4 is 5.32 Å². The van der Waals surface area contributed by atoms with Gasteiger partial charge < -0.3 is 10.2 Å². The largest absolute Gasteiger partial charge is 0.357 e. The van der Waals surface area contributed by atoms with E-state index >= 15 is 0 Å². The third-order valence-corrected chi connectivity index (χ3v) is 4.77. The van der Waals surface area contributed by atoms with Crippen molar-refractivity contribution in [3.63, 3.8) is 0 Å². The van der Waals surface area contributed by atoms with E-state index in [0.29, 0.717) is 6.54 Å². The lowest BCUT2D eigenvalue weighted by Gasteiger charge is -2.34. The number of thioether (sulfide) groups is 1. The van der Waals surface area contributed by atoms with Crippen LogP contribution in [0.5, 0.6) is 0 Å². The van der Waals surface area contributed by atoms with Gasteiger partial charge in [-0.1, -0.05) is 6.92 Å². The summed E-state index contributed by atoms with van der Waals surface area (Å²) in [5.74, 6) is 2.23. The molecule has 6 heteroatoms. The van der Waals surface area contributed by atoms with Crippen LogP contribution in [0.3, 0.4) is 0 Å². The second-order valence-corrected chi connectivity index (χ2v) is 6.45. The SMILES string of the molecule is CCNC(=NCc1cnn(C)c1)N1CCSC(CC)C1. The molecule has 0 saturated carbocycles. The van der Waals surface area contributed by atoms with Crippen LogP contribution in [0, 0.1) is 0 Å². The third kappa shape index (κ3) is 4.16. The molecule has 0 amide bonds. The van der Waals surface area contributed by atoms with E-state index in [4.69, 9.17) is 4.99 Å². The van der Waals surface area contributed by atoms with E-state index in [1.807, 2.05) is 24.1 Å². The fourth-order valence-electron chi connectivity index (χ4n) is 2.30. The summed E-state index contributed by atoms with van der Waals surface area (Å²) in [7, 11) is 1.94. The molecule has 1 saturated heterocycles. The quantitative estimate of drug-likeness (QED) is 0.678. The molecule has 2 rings (SSSR count). The van der Waals surface area contributed by atoms with E-state index in [2.05, 4.69) is 40.9 Å². The smallest absolute Gasteiger partial charge is 0.194 e. The van der Waals surface area contributed by atoms with Crippen LogP contribution in [-0.2, 0) is 13.6 Å². The second kappa shape index (κ2) is 7.57. The number of hydrogen-bond donors (Lipinski definition) is 1. The molecular weight excluding hydrogens is 270 g/mol. The molecule has 20 heavy (non-hydrogen) atoms. The van der Waals surface area contributed by atoms with E-state index in [9.17, 15) is 0 Å². The monoisotopic (exact) mass is 295 g/mol. The number of nitrogens with zero attached hydrogens (tertiary/aromatic N) is 4. The van der Waals surface area contributed by atoms with E-state index < -0.39 is 0 Å². The van der Waals surface area contributed by atoms with Crippen molar-refractivity contribution in [2.45, 2.75) is 32.1 Å². The van der Waals surface area contributed by atoms with Gasteiger partial charge in [-0.15, -0.1) is 0 Å². The highest BCUT2D eigenvalue weighted by atomic mass is 32.2. The fourth-order valence-corrected chi connectivity index (χ4v) is 3.48. The molecule has 2 heterocycles. The third-order valence-electron chi connectivity index (χ3n) is 3.40. The average molecular weight is 295 g/mol. The van der Waals surface area contributed by atoms with Gasteiger partial charge >= 0.3 is 0 Å². The van der Waals surface area contributed by atoms with Crippen LogP contribution in [0.25, 0.3) is 0 Å². The summed E-state index contributed by atoms with van der Waals surface area (Å²) in [6.45, 7) is 8.17. The highest BCUT2D eigenvalue weighted by Crippen LogP contribution is 2.21. The van der Waals surface area contributed by atoms with Gasteiger partial charge in [-0.05, 0) is 13.3 Å². The minimum Gasteiger partial charge on any atom is -0.357 e. The molecule has 0 bridgehead atoms. The molecule has 0 aromatic carbocycles. The van der Waals surface area contributed by atoms with E-state index in [1.54, 1.807) is 0 Å². The van der Waals surface area contributed by atoms with Crippen LogP contribution in [0.4, 0.5) is 0 Å². The molecule has 0 radical (unpaired) electrons. The lowest BCUT2D eigenvalue weighted by Crippen LogP contribution is -2.47. The Balaban J connectivity index is 2.01. The minimum absolute atomic E-state index is 0.691. The molecule has 1 N–H and O–H groups in total. The number of aryl methyl sites for hydroxylation is 1. The van der Waals surface area contributed by atoms with Gasteiger partial charge in [0, 0.05) is 49.4 Å². The van der Waals surface area contributed by atoms with Gasteiger partial charge in [0.15, 0.2) is 5.96 Å². The maximum atomic E-state index is 4.76. The van der Waals surface area contributed by atoms with Gasteiger partial charge in [-0.2, -0.15) is 16.9 Å². The first-order valence-electron chi connectivity index (χ1n) is 7.35. The summed E-state index contributed by atoms with van der Waals surface area (Å²) < 4.78 is 1.82. The Kier molecular flexibility index (Phi) is 5.76. The highest BCUT2D eigenvalue weighted by Gasteiger charge is 2.21. The van der Waals surface area contributed by atoms with Crippen molar-refractivity contribution in [1.82, 2.24) is 20.0 Å². The Morgan fingerprint density at radius 3 is 3.05 bits per heavy atom. The lowest BCUT2D eigenvalue weighted by molar-refractivity contribution is 0.408. The number of nitrogens with one attached hydrogen (secondary N) is 1. The van der Waals surface area contributed by atoms with Gasteiger partial charge in [0.05, 0.1) is 12.7 Å². The maximum Gasteiger partial charge on any atom is 0.194 e.